The number of carbonyl (C=O) groups excluding carboxylic acids is 1. The molecular weight excluding hydrogens is 276 g/mol. The van der Waals surface area contributed by atoms with Gasteiger partial charge in [-0.1, -0.05) is 13.3 Å². The van der Waals surface area contributed by atoms with Crippen molar-refractivity contribution in [2.24, 2.45) is 11.7 Å². The van der Waals surface area contributed by atoms with Crippen LogP contribution in [-0.2, 0) is 14.4 Å². The Morgan fingerprint density at radius 2 is 1.67 bits per heavy atom. The summed E-state index contributed by atoms with van der Waals surface area (Å²) in [4.78, 5) is 33.4. The lowest BCUT2D eigenvalue weighted by atomic mass is 10.0. The third-order valence-electron chi connectivity index (χ3n) is 3.24. The van der Waals surface area contributed by atoms with Gasteiger partial charge in [-0.3, -0.25) is 9.59 Å². The van der Waals surface area contributed by atoms with Gasteiger partial charge in [-0.25, -0.2) is 4.79 Å². The maximum atomic E-state index is 11.9. The van der Waals surface area contributed by atoms with Gasteiger partial charge in [-0.15, -0.1) is 0 Å². The summed E-state index contributed by atoms with van der Waals surface area (Å²) in [5.74, 6) is -2.72. The number of nitrogens with two attached hydrogens (primary N) is 1. The van der Waals surface area contributed by atoms with Crippen molar-refractivity contribution in [3.05, 3.63) is 0 Å². The molecule has 0 aliphatic heterocycles. The lowest BCUT2D eigenvalue weighted by Crippen LogP contribution is -2.43. The van der Waals surface area contributed by atoms with Crippen molar-refractivity contribution in [1.29, 1.82) is 0 Å². The molecule has 0 aliphatic carbocycles. The number of amides is 1. The van der Waals surface area contributed by atoms with E-state index in [-0.39, 0.29) is 37.1 Å². The van der Waals surface area contributed by atoms with Crippen molar-refractivity contribution in [2.75, 3.05) is 0 Å². The fourth-order valence-corrected chi connectivity index (χ4v) is 1.91. The van der Waals surface area contributed by atoms with Gasteiger partial charge in [-0.2, -0.15) is 0 Å². The zero-order chi connectivity index (χ0) is 16.4. The number of aliphatic carboxylic acids is 2. The first-order valence-electron chi connectivity index (χ1n) is 7.24. The molecule has 0 aromatic rings. The van der Waals surface area contributed by atoms with Crippen LogP contribution in [0.5, 0.6) is 0 Å². The van der Waals surface area contributed by atoms with E-state index in [9.17, 15) is 14.4 Å². The van der Waals surface area contributed by atoms with Crippen LogP contribution in [0.25, 0.3) is 0 Å². The van der Waals surface area contributed by atoms with Crippen LogP contribution in [0.4, 0.5) is 0 Å². The predicted molar refractivity (Wildman–Crippen MR) is 77.7 cm³/mol. The van der Waals surface area contributed by atoms with Crippen molar-refractivity contribution < 1.29 is 24.6 Å². The van der Waals surface area contributed by atoms with Gasteiger partial charge >= 0.3 is 11.9 Å². The van der Waals surface area contributed by atoms with E-state index in [1.54, 1.807) is 6.92 Å². The van der Waals surface area contributed by atoms with Gasteiger partial charge in [0.15, 0.2) is 0 Å². The first kappa shape index (κ1) is 19.4. The summed E-state index contributed by atoms with van der Waals surface area (Å²) in [7, 11) is 0. The minimum absolute atomic E-state index is 0.0862. The molecule has 0 heterocycles. The molecule has 2 unspecified atom stereocenters. The molecule has 0 aromatic carbocycles. The first-order valence-corrected chi connectivity index (χ1v) is 7.24. The Balaban J connectivity index is 4.20. The standard InChI is InChI=1S/C14H26N2O5/c1-9(5-3-6-10(2)15)13(19)16-11(14(20)21)7-4-8-12(17)18/h9-11H,3-8,15H2,1-2H3,(H,16,19)(H,17,18)(H,20,21)/t9?,10?,11-/m1/s1. The topological polar surface area (TPSA) is 130 Å². The summed E-state index contributed by atoms with van der Waals surface area (Å²) in [6.07, 6.45) is 2.49. The Kier molecular flexibility index (Phi) is 9.36. The molecule has 0 rings (SSSR count). The third-order valence-corrected chi connectivity index (χ3v) is 3.24. The van der Waals surface area contributed by atoms with Crippen LogP contribution in [0, 0.1) is 5.92 Å². The lowest BCUT2D eigenvalue weighted by Gasteiger charge is -2.18. The van der Waals surface area contributed by atoms with Crippen molar-refractivity contribution in [1.82, 2.24) is 5.32 Å². The molecular formula is C14H26N2O5. The number of hydrogen-bond donors (Lipinski definition) is 4. The number of carboxylic acids is 2. The van der Waals surface area contributed by atoms with E-state index in [1.807, 2.05) is 6.92 Å². The maximum absolute atomic E-state index is 11.9. The van der Waals surface area contributed by atoms with Crippen molar-refractivity contribution in [3.8, 4) is 0 Å². The second-order valence-electron chi connectivity index (χ2n) is 5.49. The highest BCUT2D eigenvalue weighted by Gasteiger charge is 2.22. The van der Waals surface area contributed by atoms with E-state index in [1.165, 1.54) is 0 Å². The number of carboxylic acid groups (broad SMARTS) is 2. The van der Waals surface area contributed by atoms with Crippen molar-refractivity contribution in [2.45, 2.75) is 64.5 Å². The fraction of sp³-hybridized carbons (Fsp3) is 0.786. The van der Waals surface area contributed by atoms with Gasteiger partial charge in [0, 0.05) is 18.4 Å². The summed E-state index contributed by atoms with van der Waals surface area (Å²) >= 11 is 0. The number of nitrogens with one attached hydrogen (secondary N) is 1. The predicted octanol–water partition coefficient (Wildman–Crippen LogP) is 0.964. The van der Waals surface area contributed by atoms with Gasteiger partial charge in [0.1, 0.15) is 6.04 Å². The molecule has 0 fully saturated rings. The molecule has 5 N–H and O–H groups in total. The van der Waals surface area contributed by atoms with Gasteiger partial charge in [0.05, 0.1) is 0 Å². The highest BCUT2D eigenvalue weighted by Crippen LogP contribution is 2.10. The molecule has 21 heavy (non-hydrogen) atoms. The van der Waals surface area contributed by atoms with Gasteiger partial charge in [-0.05, 0) is 32.6 Å². The summed E-state index contributed by atoms with van der Waals surface area (Å²) in [6.45, 7) is 3.64. The second-order valence-corrected chi connectivity index (χ2v) is 5.49. The van der Waals surface area contributed by atoms with Gasteiger partial charge < -0.3 is 21.3 Å². The molecule has 1 amide bonds. The van der Waals surface area contributed by atoms with Gasteiger partial charge in [0.2, 0.25) is 5.91 Å². The van der Waals surface area contributed by atoms with E-state index in [0.717, 1.165) is 12.8 Å². The molecule has 7 heteroatoms. The quantitative estimate of drug-likeness (QED) is 0.450. The summed E-state index contributed by atoms with van der Waals surface area (Å²) in [5.41, 5.74) is 5.63. The smallest absolute Gasteiger partial charge is 0.326 e. The van der Waals surface area contributed by atoms with E-state index in [2.05, 4.69) is 5.32 Å². The molecule has 0 radical (unpaired) electrons. The minimum atomic E-state index is -1.14. The Bertz CT molecular complexity index is 357. The summed E-state index contributed by atoms with van der Waals surface area (Å²) < 4.78 is 0. The van der Waals surface area contributed by atoms with E-state index in [0.29, 0.717) is 6.42 Å². The normalized spacial score (nSPS) is 15.0. The molecule has 0 aliphatic rings. The molecule has 0 saturated heterocycles. The van der Waals surface area contributed by atoms with Crippen LogP contribution < -0.4 is 11.1 Å². The van der Waals surface area contributed by atoms with E-state index in [4.69, 9.17) is 15.9 Å². The van der Waals surface area contributed by atoms with Crippen LogP contribution >= 0.6 is 0 Å². The van der Waals surface area contributed by atoms with Crippen LogP contribution in [0.3, 0.4) is 0 Å². The SMILES string of the molecule is CC(N)CCCC(C)C(=O)N[C@H](CCCC(=O)O)C(=O)O. The van der Waals surface area contributed by atoms with Crippen LogP contribution in [0.2, 0.25) is 0 Å². The number of hydrogen-bond acceptors (Lipinski definition) is 4. The zero-order valence-electron chi connectivity index (χ0n) is 12.7. The average molecular weight is 302 g/mol. The van der Waals surface area contributed by atoms with Crippen molar-refractivity contribution >= 4 is 17.8 Å². The van der Waals surface area contributed by atoms with E-state index < -0.39 is 18.0 Å². The lowest BCUT2D eigenvalue weighted by molar-refractivity contribution is -0.143. The average Bonchev–Trinajstić information content (AvgIpc) is 2.36. The summed E-state index contributed by atoms with van der Waals surface area (Å²) in [5, 5.41) is 20.0. The highest BCUT2D eigenvalue weighted by atomic mass is 16.4. The van der Waals surface area contributed by atoms with Gasteiger partial charge in [0.25, 0.3) is 0 Å². The Morgan fingerprint density at radius 3 is 2.14 bits per heavy atom. The molecule has 0 saturated carbocycles. The Hall–Kier alpha value is -1.63. The highest BCUT2D eigenvalue weighted by molar-refractivity contribution is 5.84. The Labute approximate surface area is 124 Å². The van der Waals surface area contributed by atoms with Crippen LogP contribution in [0.15, 0.2) is 0 Å². The molecule has 122 valence electrons. The minimum Gasteiger partial charge on any atom is -0.481 e. The first-order chi connectivity index (χ1) is 9.73. The fourth-order valence-electron chi connectivity index (χ4n) is 1.91. The number of carbonyl (C=O) groups is 3. The molecule has 0 aromatic heterocycles. The van der Waals surface area contributed by atoms with Crippen LogP contribution in [-0.4, -0.2) is 40.1 Å². The maximum Gasteiger partial charge on any atom is 0.326 e. The zero-order valence-corrected chi connectivity index (χ0v) is 12.7. The van der Waals surface area contributed by atoms with Crippen LogP contribution in [0.1, 0.15) is 52.4 Å². The molecule has 3 atom stereocenters. The monoisotopic (exact) mass is 302 g/mol. The van der Waals surface area contributed by atoms with Crippen molar-refractivity contribution in [3.63, 3.8) is 0 Å². The largest absolute Gasteiger partial charge is 0.481 e. The summed E-state index contributed by atoms with van der Waals surface area (Å²) in [6, 6.07) is -0.948. The van der Waals surface area contributed by atoms with E-state index >= 15 is 0 Å². The molecule has 0 spiro atoms. The second kappa shape index (κ2) is 10.1. The Morgan fingerprint density at radius 1 is 1.05 bits per heavy atom. The molecule has 7 nitrogen and oxygen atoms in total. The molecule has 0 bridgehead atoms. The third kappa shape index (κ3) is 9.84. The number of rotatable bonds is 11.